The molecule has 0 radical (unpaired) electrons. The fourth-order valence-corrected chi connectivity index (χ4v) is 2.84. The van der Waals surface area contributed by atoms with E-state index in [1.807, 2.05) is 11.3 Å². The van der Waals surface area contributed by atoms with Gasteiger partial charge in [0, 0.05) is 9.58 Å². The van der Waals surface area contributed by atoms with Crippen molar-refractivity contribution in [2.75, 3.05) is 11.5 Å². The average Bonchev–Trinajstić information content (AvgIpc) is 2.82. The maximum atomic E-state index is 10.7. The van der Waals surface area contributed by atoms with E-state index >= 15 is 0 Å². The smallest absolute Gasteiger partial charge is 0.250 e. The minimum atomic E-state index is -0.560. The van der Waals surface area contributed by atoms with Crippen LogP contribution in [0.1, 0.15) is 15.2 Å². The summed E-state index contributed by atoms with van der Waals surface area (Å²) in [6, 6.07) is 15.5. The summed E-state index contributed by atoms with van der Waals surface area (Å²) in [6.45, 7) is 2.14. The Balaban J connectivity index is 0.000000154. The summed E-state index contributed by atoms with van der Waals surface area (Å²) in [5, 5.41) is 1.37. The van der Waals surface area contributed by atoms with Gasteiger partial charge < -0.3 is 17.2 Å². The standard InChI is InChI=1S/C9H8S.C7H9N3O/c1-7-6-8-4-2-3-5-9(8)10-7;8-5-3-1-2-4(6(5)9)7(10)11/h2-6H,1H3;1-3H,8-9H2,(H2,10,11). The molecular formula is C16H17N3OS. The van der Waals surface area contributed by atoms with Crippen LogP contribution in [-0.4, -0.2) is 5.91 Å². The molecule has 0 saturated carbocycles. The molecule has 0 aliphatic rings. The number of nitrogens with two attached hydrogens (primary N) is 3. The normalized spacial score (nSPS) is 9.95. The topological polar surface area (TPSA) is 95.1 Å². The number of hydrogen-bond donors (Lipinski definition) is 3. The largest absolute Gasteiger partial charge is 0.397 e. The number of anilines is 2. The van der Waals surface area contributed by atoms with Crippen molar-refractivity contribution in [3.8, 4) is 0 Å². The van der Waals surface area contributed by atoms with E-state index in [0.29, 0.717) is 5.69 Å². The Bertz CT molecular complexity index is 747. The molecule has 4 nitrogen and oxygen atoms in total. The molecule has 0 saturated heterocycles. The van der Waals surface area contributed by atoms with Crippen LogP contribution in [0.2, 0.25) is 0 Å². The van der Waals surface area contributed by atoms with Crippen LogP contribution < -0.4 is 17.2 Å². The SMILES string of the molecule is Cc1cc2ccccc2s1.NC(=O)c1cccc(N)c1N. The fourth-order valence-electron chi connectivity index (χ4n) is 1.91. The van der Waals surface area contributed by atoms with Gasteiger partial charge in [-0.1, -0.05) is 24.3 Å². The second kappa shape index (κ2) is 6.28. The van der Waals surface area contributed by atoms with E-state index in [1.54, 1.807) is 12.1 Å². The molecule has 108 valence electrons. The van der Waals surface area contributed by atoms with Crippen molar-refractivity contribution in [1.29, 1.82) is 0 Å². The number of aryl methyl sites for hydroxylation is 1. The van der Waals surface area contributed by atoms with Gasteiger partial charge in [-0.3, -0.25) is 4.79 Å². The lowest BCUT2D eigenvalue weighted by Gasteiger charge is -2.02. The molecular weight excluding hydrogens is 282 g/mol. The van der Waals surface area contributed by atoms with E-state index < -0.39 is 5.91 Å². The van der Waals surface area contributed by atoms with Gasteiger partial charge in [-0.25, -0.2) is 0 Å². The van der Waals surface area contributed by atoms with E-state index in [0.717, 1.165) is 0 Å². The predicted octanol–water partition coefficient (Wildman–Crippen LogP) is 3.16. The lowest BCUT2D eigenvalue weighted by Crippen LogP contribution is -2.14. The summed E-state index contributed by atoms with van der Waals surface area (Å²) < 4.78 is 1.39. The van der Waals surface area contributed by atoms with Gasteiger partial charge in [0.2, 0.25) is 0 Å². The Kier molecular flexibility index (Phi) is 4.45. The van der Waals surface area contributed by atoms with Crippen LogP contribution in [0.3, 0.4) is 0 Å². The summed E-state index contributed by atoms with van der Waals surface area (Å²) in [6.07, 6.45) is 0. The molecule has 0 bridgehead atoms. The first-order valence-corrected chi connectivity index (χ1v) is 7.19. The monoisotopic (exact) mass is 299 g/mol. The van der Waals surface area contributed by atoms with E-state index in [4.69, 9.17) is 17.2 Å². The molecule has 0 spiro atoms. The summed E-state index contributed by atoms with van der Waals surface area (Å²) in [5.74, 6) is -0.560. The van der Waals surface area contributed by atoms with Crippen molar-refractivity contribution in [3.63, 3.8) is 0 Å². The molecule has 6 N–H and O–H groups in total. The Morgan fingerprint density at radius 3 is 2.38 bits per heavy atom. The Morgan fingerprint density at radius 1 is 1.05 bits per heavy atom. The summed E-state index contributed by atoms with van der Waals surface area (Å²) in [7, 11) is 0. The number of fused-ring (bicyclic) bond motifs is 1. The van der Waals surface area contributed by atoms with Crippen LogP contribution in [-0.2, 0) is 0 Å². The van der Waals surface area contributed by atoms with Gasteiger partial charge in [0.05, 0.1) is 16.9 Å². The maximum Gasteiger partial charge on any atom is 0.250 e. The zero-order valence-electron chi connectivity index (χ0n) is 11.7. The Labute approximate surface area is 127 Å². The van der Waals surface area contributed by atoms with Crippen LogP contribution in [0.15, 0.2) is 48.5 Å². The second-order valence-electron chi connectivity index (χ2n) is 4.57. The van der Waals surface area contributed by atoms with Crippen molar-refractivity contribution in [2.45, 2.75) is 6.92 Å². The third-order valence-electron chi connectivity index (χ3n) is 2.95. The van der Waals surface area contributed by atoms with Crippen LogP contribution in [0.5, 0.6) is 0 Å². The lowest BCUT2D eigenvalue weighted by atomic mass is 10.1. The molecule has 1 heterocycles. The highest BCUT2D eigenvalue weighted by molar-refractivity contribution is 7.19. The molecule has 0 unspecified atom stereocenters. The molecule has 0 aliphatic heterocycles. The van der Waals surface area contributed by atoms with E-state index in [2.05, 4.69) is 37.3 Å². The van der Waals surface area contributed by atoms with E-state index in [9.17, 15) is 4.79 Å². The third kappa shape index (κ3) is 3.52. The van der Waals surface area contributed by atoms with Gasteiger partial charge in [0.15, 0.2) is 0 Å². The molecule has 0 aliphatic carbocycles. The van der Waals surface area contributed by atoms with Crippen molar-refractivity contribution in [2.24, 2.45) is 5.73 Å². The van der Waals surface area contributed by atoms with Gasteiger partial charge >= 0.3 is 0 Å². The zero-order valence-corrected chi connectivity index (χ0v) is 12.5. The molecule has 1 aromatic heterocycles. The molecule has 3 rings (SSSR count). The van der Waals surface area contributed by atoms with Gasteiger partial charge in [-0.15, -0.1) is 11.3 Å². The third-order valence-corrected chi connectivity index (χ3v) is 3.99. The quantitative estimate of drug-likeness (QED) is 0.602. The molecule has 1 amide bonds. The van der Waals surface area contributed by atoms with Crippen LogP contribution in [0.25, 0.3) is 10.1 Å². The van der Waals surface area contributed by atoms with Crippen LogP contribution in [0, 0.1) is 6.92 Å². The van der Waals surface area contributed by atoms with Gasteiger partial charge in [-0.05, 0) is 36.6 Å². The first kappa shape index (κ1) is 14.9. The highest BCUT2D eigenvalue weighted by Crippen LogP contribution is 2.23. The molecule has 5 heteroatoms. The average molecular weight is 299 g/mol. The maximum absolute atomic E-state index is 10.7. The molecule has 2 aromatic carbocycles. The number of amides is 1. The first-order valence-electron chi connectivity index (χ1n) is 6.38. The first-order chi connectivity index (χ1) is 9.99. The Hall–Kier alpha value is -2.53. The number of rotatable bonds is 1. The number of nitrogen functional groups attached to an aromatic ring is 2. The minimum absolute atomic E-state index is 0.250. The van der Waals surface area contributed by atoms with Crippen molar-refractivity contribution < 1.29 is 4.79 Å². The molecule has 21 heavy (non-hydrogen) atoms. The second-order valence-corrected chi connectivity index (χ2v) is 5.86. The number of thiophene rings is 1. The van der Waals surface area contributed by atoms with E-state index in [1.165, 1.54) is 21.0 Å². The summed E-state index contributed by atoms with van der Waals surface area (Å²) >= 11 is 1.85. The van der Waals surface area contributed by atoms with Gasteiger partial charge in [0.1, 0.15) is 0 Å². The number of benzene rings is 2. The molecule has 3 aromatic rings. The van der Waals surface area contributed by atoms with Crippen molar-refractivity contribution in [1.82, 2.24) is 0 Å². The lowest BCUT2D eigenvalue weighted by molar-refractivity contribution is 0.100. The number of carbonyl (C=O) groups excluding carboxylic acids is 1. The highest BCUT2D eigenvalue weighted by Gasteiger charge is 2.05. The predicted molar refractivity (Wildman–Crippen MR) is 90.3 cm³/mol. The van der Waals surface area contributed by atoms with Gasteiger partial charge in [0.25, 0.3) is 5.91 Å². The van der Waals surface area contributed by atoms with Crippen LogP contribution in [0.4, 0.5) is 11.4 Å². The summed E-state index contributed by atoms with van der Waals surface area (Å²) in [5.41, 5.74) is 16.8. The zero-order chi connectivity index (χ0) is 15.4. The van der Waals surface area contributed by atoms with E-state index in [-0.39, 0.29) is 11.3 Å². The Morgan fingerprint density at radius 2 is 1.76 bits per heavy atom. The van der Waals surface area contributed by atoms with Crippen molar-refractivity contribution in [3.05, 3.63) is 59.0 Å². The fraction of sp³-hybridized carbons (Fsp3) is 0.0625. The van der Waals surface area contributed by atoms with Crippen molar-refractivity contribution >= 4 is 38.7 Å². The molecule has 0 atom stereocenters. The van der Waals surface area contributed by atoms with Gasteiger partial charge in [-0.2, -0.15) is 0 Å². The number of primary amides is 1. The molecule has 0 fully saturated rings. The number of carbonyl (C=O) groups is 1. The van der Waals surface area contributed by atoms with Crippen LogP contribution >= 0.6 is 11.3 Å². The minimum Gasteiger partial charge on any atom is -0.397 e. The number of hydrogen-bond acceptors (Lipinski definition) is 4. The highest BCUT2D eigenvalue weighted by atomic mass is 32.1. The number of para-hydroxylation sites is 1. The summed E-state index contributed by atoms with van der Waals surface area (Å²) in [4.78, 5) is 12.1.